The molecule has 2 atom stereocenters. The number of benzene rings is 3. The molecule has 1 nitrogen and oxygen atoms in total. The van der Waals surface area contributed by atoms with Gasteiger partial charge in [-0.3, -0.25) is 0 Å². The van der Waals surface area contributed by atoms with Gasteiger partial charge in [0, 0.05) is 21.3 Å². The van der Waals surface area contributed by atoms with Crippen molar-refractivity contribution < 1.29 is 4.74 Å². The number of fused-ring (bicyclic) bond motifs is 8. The van der Waals surface area contributed by atoms with Crippen molar-refractivity contribution in [1.82, 2.24) is 0 Å². The third-order valence-corrected chi connectivity index (χ3v) is 5.18. The van der Waals surface area contributed by atoms with Crippen molar-refractivity contribution in [2.45, 2.75) is 12.0 Å². The highest BCUT2D eigenvalue weighted by Gasteiger charge is 2.36. The summed E-state index contributed by atoms with van der Waals surface area (Å²) in [5.74, 6) is 1.35. The molecule has 1 heterocycles. The second-order valence-electron chi connectivity index (χ2n) is 5.85. The summed E-state index contributed by atoms with van der Waals surface area (Å²) in [4.78, 5) is 0. The lowest BCUT2D eigenvalue weighted by Crippen LogP contribution is -2.16. The topological polar surface area (TPSA) is 9.23 Å². The molecule has 5 rings (SSSR count). The quantitative estimate of drug-likeness (QED) is 0.474. The van der Waals surface area contributed by atoms with Crippen molar-refractivity contribution in [2.24, 2.45) is 0 Å². The maximum atomic E-state index is 6.35. The summed E-state index contributed by atoms with van der Waals surface area (Å²) in [6.45, 7) is 0. The van der Waals surface area contributed by atoms with Gasteiger partial charge >= 0.3 is 0 Å². The molecule has 1 aliphatic heterocycles. The fourth-order valence-electron chi connectivity index (χ4n) is 3.72. The van der Waals surface area contributed by atoms with E-state index in [0.717, 1.165) is 10.2 Å². The summed E-state index contributed by atoms with van der Waals surface area (Å²) in [6.07, 6.45) is 6.63. The maximum absolute atomic E-state index is 6.35. The van der Waals surface area contributed by atoms with Crippen LogP contribution in [0, 0.1) is 0 Å². The second kappa shape index (κ2) is 4.47. The Bertz CT molecular complexity index is 984. The molecule has 0 fully saturated rings. The van der Waals surface area contributed by atoms with E-state index in [0.29, 0.717) is 5.92 Å². The Morgan fingerprint density at radius 3 is 2.23 bits per heavy atom. The maximum Gasteiger partial charge on any atom is 0.132 e. The number of hydrogen-bond donors (Lipinski definition) is 0. The van der Waals surface area contributed by atoms with Crippen LogP contribution in [0.25, 0.3) is 21.5 Å². The molecule has 3 aromatic rings. The van der Waals surface area contributed by atoms with E-state index in [1.807, 2.05) is 0 Å². The number of allylic oxidation sites excluding steroid dienone is 2. The molecule has 0 radical (unpaired) electrons. The van der Waals surface area contributed by atoms with Crippen molar-refractivity contribution in [1.29, 1.82) is 0 Å². The molecule has 0 aromatic heterocycles. The van der Waals surface area contributed by atoms with Gasteiger partial charge in [0.15, 0.2) is 0 Å². The van der Waals surface area contributed by atoms with Gasteiger partial charge in [-0.05, 0) is 22.2 Å². The van der Waals surface area contributed by atoms with Crippen molar-refractivity contribution in [3.8, 4) is 5.75 Å². The largest absolute Gasteiger partial charge is 0.484 e. The highest BCUT2D eigenvalue weighted by Crippen LogP contribution is 2.50. The van der Waals surface area contributed by atoms with E-state index in [-0.39, 0.29) is 6.10 Å². The van der Waals surface area contributed by atoms with E-state index in [2.05, 4.69) is 82.7 Å². The summed E-state index contributed by atoms with van der Waals surface area (Å²) in [5.41, 5.74) is 1.33. The molecule has 0 bridgehead atoms. The van der Waals surface area contributed by atoms with Crippen molar-refractivity contribution in [3.63, 3.8) is 0 Å². The van der Waals surface area contributed by atoms with Crippen LogP contribution in [0.4, 0.5) is 0 Å². The van der Waals surface area contributed by atoms with Crippen LogP contribution in [-0.4, -0.2) is 6.10 Å². The minimum atomic E-state index is 0.0867. The monoisotopic (exact) mass is 348 g/mol. The Hall–Kier alpha value is -2.06. The zero-order valence-corrected chi connectivity index (χ0v) is 13.4. The average Bonchev–Trinajstić information content (AvgIpc) is 2.94. The molecule has 106 valence electrons. The highest BCUT2D eigenvalue weighted by atomic mass is 79.9. The standard InChI is InChI=1S/C20H13BrO/c21-12-9-10-17-18(11-12)22-20-16-8-4-2-6-14(16)13-5-1-3-7-15(13)19(17)20/h1-11,17-18H. The zero-order chi connectivity index (χ0) is 14.7. The molecule has 22 heavy (non-hydrogen) atoms. The van der Waals surface area contributed by atoms with Gasteiger partial charge in [-0.2, -0.15) is 0 Å². The molecule has 0 N–H and O–H groups in total. The van der Waals surface area contributed by atoms with Crippen LogP contribution >= 0.6 is 15.9 Å². The molecular weight excluding hydrogens is 336 g/mol. The summed E-state index contributed by atoms with van der Waals surface area (Å²) in [7, 11) is 0. The van der Waals surface area contributed by atoms with Crippen LogP contribution in [0.3, 0.4) is 0 Å². The Morgan fingerprint density at radius 2 is 1.45 bits per heavy atom. The second-order valence-corrected chi connectivity index (χ2v) is 6.77. The summed E-state index contributed by atoms with van der Waals surface area (Å²) >= 11 is 3.56. The molecule has 2 heteroatoms. The van der Waals surface area contributed by atoms with Crippen LogP contribution in [0.15, 0.2) is 71.2 Å². The SMILES string of the molecule is BrC1=CC2Oc3c(c4ccccc4c4ccccc34)C2C=C1. The third-order valence-electron chi connectivity index (χ3n) is 4.65. The number of halogens is 1. The van der Waals surface area contributed by atoms with Gasteiger partial charge in [0.2, 0.25) is 0 Å². The Kier molecular flexibility index (Phi) is 2.53. The predicted molar refractivity (Wildman–Crippen MR) is 94.8 cm³/mol. The van der Waals surface area contributed by atoms with Crippen molar-refractivity contribution >= 4 is 37.5 Å². The lowest BCUT2D eigenvalue weighted by atomic mass is 9.86. The van der Waals surface area contributed by atoms with Gasteiger partial charge in [0.1, 0.15) is 11.9 Å². The first-order chi connectivity index (χ1) is 10.8. The summed E-state index contributed by atoms with van der Waals surface area (Å²) in [6, 6.07) is 17.2. The van der Waals surface area contributed by atoms with Gasteiger partial charge in [-0.15, -0.1) is 0 Å². The minimum Gasteiger partial charge on any atom is -0.484 e. The van der Waals surface area contributed by atoms with Gasteiger partial charge < -0.3 is 4.74 Å². The van der Waals surface area contributed by atoms with E-state index in [1.165, 1.54) is 27.1 Å². The van der Waals surface area contributed by atoms with Crippen LogP contribution in [-0.2, 0) is 0 Å². The molecular formula is C20H13BrO. The molecule has 2 unspecified atom stereocenters. The van der Waals surface area contributed by atoms with Gasteiger partial charge in [-0.25, -0.2) is 0 Å². The van der Waals surface area contributed by atoms with Gasteiger partial charge in [-0.1, -0.05) is 76.6 Å². The smallest absolute Gasteiger partial charge is 0.132 e. The predicted octanol–water partition coefficient (Wildman–Crippen LogP) is 5.69. The van der Waals surface area contributed by atoms with Crippen LogP contribution in [0.5, 0.6) is 5.75 Å². The van der Waals surface area contributed by atoms with Crippen molar-refractivity contribution in [2.75, 3.05) is 0 Å². The van der Waals surface area contributed by atoms with E-state index in [4.69, 9.17) is 4.74 Å². The Balaban J connectivity index is 1.94. The lowest BCUT2D eigenvalue weighted by molar-refractivity contribution is 0.271. The first kappa shape index (κ1) is 12.5. The fraction of sp³-hybridized carbons (Fsp3) is 0.100. The zero-order valence-electron chi connectivity index (χ0n) is 11.8. The molecule has 0 saturated carbocycles. The summed E-state index contributed by atoms with van der Waals surface area (Å²) < 4.78 is 7.44. The Labute approximate surface area is 137 Å². The fourth-order valence-corrected chi connectivity index (χ4v) is 4.13. The lowest BCUT2D eigenvalue weighted by Gasteiger charge is -2.16. The van der Waals surface area contributed by atoms with E-state index < -0.39 is 0 Å². The molecule has 0 amide bonds. The van der Waals surface area contributed by atoms with E-state index in [9.17, 15) is 0 Å². The third kappa shape index (κ3) is 1.59. The van der Waals surface area contributed by atoms with Gasteiger partial charge in [0.25, 0.3) is 0 Å². The van der Waals surface area contributed by atoms with E-state index >= 15 is 0 Å². The number of ether oxygens (including phenoxy) is 1. The average molecular weight is 349 g/mol. The van der Waals surface area contributed by atoms with Crippen LogP contribution in [0.2, 0.25) is 0 Å². The van der Waals surface area contributed by atoms with Crippen molar-refractivity contribution in [3.05, 3.63) is 76.8 Å². The number of rotatable bonds is 0. The molecule has 0 saturated heterocycles. The van der Waals surface area contributed by atoms with Crippen LogP contribution in [0.1, 0.15) is 11.5 Å². The normalized spacial score (nSPS) is 22.3. The molecule has 1 aliphatic carbocycles. The van der Waals surface area contributed by atoms with Gasteiger partial charge in [0.05, 0.1) is 0 Å². The first-order valence-corrected chi connectivity index (χ1v) is 8.28. The van der Waals surface area contributed by atoms with E-state index in [1.54, 1.807) is 0 Å². The molecule has 2 aliphatic rings. The minimum absolute atomic E-state index is 0.0867. The van der Waals surface area contributed by atoms with Crippen LogP contribution < -0.4 is 4.74 Å². The highest BCUT2D eigenvalue weighted by molar-refractivity contribution is 9.11. The molecule has 3 aromatic carbocycles. The first-order valence-electron chi connectivity index (χ1n) is 7.48. The Morgan fingerprint density at radius 1 is 0.818 bits per heavy atom. The number of hydrogen-bond acceptors (Lipinski definition) is 1. The molecule has 0 spiro atoms. The summed E-state index contributed by atoms with van der Waals surface area (Å²) in [5, 5.41) is 5.09.